The quantitative estimate of drug-likeness (QED) is 0.129. The van der Waals surface area contributed by atoms with Gasteiger partial charge in [-0.25, -0.2) is 4.79 Å². The number of aliphatic carboxylic acids is 1. The van der Waals surface area contributed by atoms with Crippen molar-refractivity contribution in [3.8, 4) is 0 Å². The van der Waals surface area contributed by atoms with Gasteiger partial charge < -0.3 is 42.9 Å². The Labute approximate surface area is 186 Å². The minimum atomic E-state index is -1.36. The van der Waals surface area contributed by atoms with Crippen molar-refractivity contribution in [2.45, 2.75) is 69.1 Å². The third-order valence-electron chi connectivity index (χ3n) is 5.24. The van der Waals surface area contributed by atoms with E-state index in [2.05, 4.69) is 10.6 Å². The summed E-state index contributed by atoms with van der Waals surface area (Å²) >= 11 is 0. The first kappa shape index (κ1) is 27.3. The number of rotatable bonds is 14. The summed E-state index contributed by atoms with van der Waals surface area (Å²) in [6.45, 7) is -0.160. The molecule has 0 aromatic heterocycles. The van der Waals surface area contributed by atoms with Gasteiger partial charge in [0.15, 0.2) is 0 Å². The van der Waals surface area contributed by atoms with Crippen LogP contribution < -0.4 is 27.8 Å². The summed E-state index contributed by atoms with van der Waals surface area (Å²) in [6, 6.07) is -4.51. The Morgan fingerprint density at radius 2 is 1.69 bits per heavy atom. The van der Waals surface area contributed by atoms with Crippen LogP contribution in [0.5, 0.6) is 0 Å². The summed E-state index contributed by atoms with van der Waals surface area (Å²) in [5, 5.41) is 23.8. The molecule has 13 heteroatoms. The minimum Gasteiger partial charge on any atom is -0.480 e. The molecule has 10 N–H and O–H groups in total. The number of nitrogens with zero attached hydrogens (tertiary/aromatic N) is 1. The van der Waals surface area contributed by atoms with Gasteiger partial charge in [-0.15, -0.1) is 0 Å². The molecule has 13 nitrogen and oxygen atoms in total. The predicted molar refractivity (Wildman–Crippen MR) is 113 cm³/mol. The number of hydrogen-bond donors (Lipinski definition) is 7. The molecule has 0 aromatic rings. The minimum absolute atomic E-state index is 0.00158. The highest BCUT2D eigenvalue weighted by molar-refractivity contribution is 5.94. The van der Waals surface area contributed by atoms with E-state index in [9.17, 15) is 34.2 Å². The molecular weight excluding hydrogens is 424 g/mol. The molecule has 1 aliphatic heterocycles. The average Bonchev–Trinajstić information content (AvgIpc) is 3.24. The topological polar surface area (TPSA) is 231 Å². The second-order valence-electron chi connectivity index (χ2n) is 7.73. The number of carboxylic acid groups (broad SMARTS) is 1. The molecule has 1 fully saturated rings. The molecule has 4 atom stereocenters. The van der Waals surface area contributed by atoms with Crippen LogP contribution in [0.2, 0.25) is 0 Å². The van der Waals surface area contributed by atoms with E-state index in [4.69, 9.17) is 17.2 Å². The Kier molecular flexibility index (Phi) is 11.6. The first-order valence-electron chi connectivity index (χ1n) is 10.6. The maximum atomic E-state index is 12.8. The lowest BCUT2D eigenvalue weighted by atomic mass is 10.1. The van der Waals surface area contributed by atoms with Gasteiger partial charge in [0.25, 0.3) is 0 Å². The van der Waals surface area contributed by atoms with Crippen LogP contribution in [-0.2, 0) is 24.0 Å². The first-order valence-corrected chi connectivity index (χ1v) is 10.6. The number of unbranched alkanes of at least 4 members (excludes halogenated alkanes) is 1. The van der Waals surface area contributed by atoms with Gasteiger partial charge >= 0.3 is 5.97 Å². The lowest BCUT2D eigenvalue weighted by molar-refractivity contribution is -0.150. The molecule has 0 aliphatic carbocycles. The van der Waals surface area contributed by atoms with Crippen molar-refractivity contribution in [1.29, 1.82) is 0 Å². The van der Waals surface area contributed by atoms with Gasteiger partial charge in [0.1, 0.15) is 18.1 Å². The summed E-state index contributed by atoms with van der Waals surface area (Å²) in [6.07, 6.45) is 1.97. The molecule has 0 saturated carbocycles. The summed E-state index contributed by atoms with van der Waals surface area (Å²) in [7, 11) is 0. The molecule has 4 amide bonds. The van der Waals surface area contributed by atoms with Gasteiger partial charge in [-0.05, 0) is 45.1 Å². The fraction of sp³-hybridized carbons (Fsp3) is 0.737. The molecule has 182 valence electrons. The van der Waals surface area contributed by atoms with Gasteiger partial charge in [-0.3, -0.25) is 19.2 Å². The second-order valence-corrected chi connectivity index (χ2v) is 7.73. The molecule has 1 heterocycles. The monoisotopic (exact) mass is 458 g/mol. The van der Waals surface area contributed by atoms with Crippen molar-refractivity contribution in [2.24, 2.45) is 17.2 Å². The van der Waals surface area contributed by atoms with E-state index in [1.807, 2.05) is 0 Å². The Morgan fingerprint density at radius 1 is 1.03 bits per heavy atom. The van der Waals surface area contributed by atoms with E-state index in [-0.39, 0.29) is 32.2 Å². The zero-order valence-corrected chi connectivity index (χ0v) is 18.0. The number of aliphatic hydroxyl groups excluding tert-OH is 1. The maximum absolute atomic E-state index is 12.8. The lowest BCUT2D eigenvalue weighted by Gasteiger charge is -2.28. The molecular formula is C19H34N6O7. The van der Waals surface area contributed by atoms with Crippen molar-refractivity contribution < 1.29 is 34.2 Å². The highest BCUT2D eigenvalue weighted by atomic mass is 16.4. The number of carbonyl (C=O) groups excluding carboxylic acids is 4. The van der Waals surface area contributed by atoms with Gasteiger partial charge in [-0.1, -0.05) is 0 Å². The number of likely N-dealkylation sites (tertiary alicyclic amines) is 1. The molecule has 4 unspecified atom stereocenters. The SMILES string of the molecule is NCCCCC(NC(=O)C(N)CCC(N)=O)C(=O)NC(CO)C(=O)N1CCCC1C(=O)O. The molecule has 0 spiro atoms. The van der Waals surface area contributed by atoms with Crippen molar-refractivity contribution in [1.82, 2.24) is 15.5 Å². The molecule has 0 aromatic carbocycles. The molecule has 32 heavy (non-hydrogen) atoms. The summed E-state index contributed by atoms with van der Waals surface area (Å²) < 4.78 is 0. The number of nitrogens with one attached hydrogen (secondary N) is 2. The fourth-order valence-electron chi connectivity index (χ4n) is 3.41. The normalized spacial score (nSPS) is 18.5. The highest BCUT2D eigenvalue weighted by Gasteiger charge is 2.38. The Balaban J connectivity index is 2.83. The van der Waals surface area contributed by atoms with Gasteiger partial charge in [0.05, 0.1) is 12.6 Å². The van der Waals surface area contributed by atoms with Crippen LogP contribution >= 0.6 is 0 Å². The van der Waals surface area contributed by atoms with Crippen molar-refractivity contribution in [3.05, 3.63) is 0 Å². The highest BCUT2D eigenvalue weighted by Crippen LogP contribution is 2.18. The number of aliphatic hydroxyl groups is 1. The van der Waals surface area contributed by atoms with E-state index in [1.165, 1.54) is 0 Å². The smallest absolute Gasteiger partial charge is 0.326 e. The summed E-state index contributed by atoms with van der Waals surface area (Å²) in [5.74, 6) is -3.88. The third kappa shape index (κ3) is 8.40. The van der Waals surface area contributed by atoms with Gasteiger partial charge in [0, 0.05) is 13.0 Å². The van der Waals surface area contributed by atoms with Crippen molar-refractivity contribution in [3.63, 3.8) is 0 Å². The van der Waals surface area contributed by atoms with E-state index in [0.29, 0.717) is 25.8 Å². The van der Waals surface area contributed by atoms with E-state index in [0.717, 1.165) is 4.90 Å². The fourth-order valence-corrected chi connectivity index (χ4v) is 3.41. The average molecular weight is 459 g/mol. The summed E-state index contributed by atoms with van der Waals surface area (Å²) in [4.78, 5) is 61.2. The summed E-state index contributed by atoms with van der Waals surface area (Å²) in [5.41, 5.74) is 16.3. The maximum Gasteiger partial charge on any atom is 0.326 e. The van der Waals surface area contributed by atoms with Crippen LogP contribution in [0.4, 0.5) is 0 Å². The van der Waals surface area contributed by atoms with Crippen LogP contribution in [0, 0.1) is 0 Å². The number of carbonyl (C=O) groups is 5. The van der Waals surface area contributed by atoms with Crippen LogP contribution in [-0.4, -0.2) is 88.6 Å². The number of amides is 4. The Bertz CT molecular complexity index is 689. The van der Waals surface area contributed by atoms with Crippen LogP contribution in [0.3, 0.4) is 0 Å². The Hall–Kier alpha value is -2.77. The Morgan fingerprint density at radius 3 is 2.25 bits per heavy atom. The van der Waals surface area contributed by atoms with Gasteiger partial charge in [-0.2, -0.15) is 0 Å². The lowest BCUT2D eigenvalue weighted by Crippen LogP contribution is -2.58. The van der Waals surface area contributed by atoms with E-state index >= 15 is 0 Å². The van der Waals surface area contributed by atoms with Crippen LogP contribution in [0.25, 0.3) is 0 Å². The number of primary amides is 1. The first-order chi connectivity index (χ1) is 15.1. The van der Waals surface area contributed by atoms with Gasteiger partial charge in [0.2, 0.25) is 23.6 Å². The molecule has 0 bridgehead atoms. The third-order valence-corrected chi connectivity index (χ3v) is 5.24. The van der Waals surface area contributed by atoms with Crippen molar-refractivity contribution >= 4 is 29.6 Å². The zero-order chi connectivity index (χ0) is 24.3. The second kappa shape index (κ2) is 13.6. The van der Waals surface area contributed by atoms with E-state index in [1.54, 1.807) is 0 Å². The number of carboxylic acids is 1. The van der Waals surface area contributed by atoms with Crippen molar-refractivity contribution in [2.75, 3.05) is 19.7 Å². The molecule has 1 rings (SSSR count). The van der Waals surface area contributed by atoms with Crippen LogP contribution in [0.1, 0.15) is 44.9 Å². The number of hydrogen-bond acceptors (Lipinski definition) is 8. The molecule has 0 radical (unpaired) electrons. The molecule has 1 saturated heterocycles. The standard InChI is InChI=1S/C19H34N6O7/c20-8-2-1-4-12(23-16(28)11(21)6-7-15(22)27)17(29)24-13(10-26)18(30)25-9-3-5-14(25)19(31)32/h11-14,26H,1-10,20-21H2,(H2,22,27)(H,23,28)(H,24,29)(H,31,32). The predicted octanol–water partition coefficient (Wildman–Crippen LogP) is -3.25. The van der Waals surface area contributed by atoms with E-state index < -0.39 is 60.4 Å². The van der Waals surface area contributed by atoms with Crippen LogP contribution in [0.15, 0.2) is 0 Å². The molecule has 1 aliphatic rings. The largest absolute Gasteiger partial charge is 0.480 e. The number of nitrogens with two attached hydrogens (primary N) is 3. The zero-order valence-electron chi connectivity index (χ0n) is 18.0.